The summed E-state index contributed by atoms with van der Waals surface area (Å²) in [4.78, 5) is 0. The van der Waals surface area contributed by atoms with Gasteiger partial charge in [0.15, 0.2) is 11.5 Å². The predicted octanol–water partition coefficient (Wildman–Crippen LogP) is 3.64. The Morgan fingerprint density at radius 2 is 1.74 bits per heavy atom. The highest BCUT2D eigenvalue weighted by molar-refractivity contribution is 5.50. The lowest BCUT2D eigenvalue weighted by Gasteiger charge is -2.31. The van der Waals surface area contributed by atoms with Crippen LogP contribution < -0.4 is 14.8 Å². The Morgan fingerprint density at radius 3 is 2.32 bits per heavy atom. The lowest BCUT2D eigenvalue weighted by molar-refractivity contribution is 0.349. The molecule has 0 heterocycles. The molecule has 2 rings (SSSR count). The first-order valence-corrected chi connectivity index (χ1v) is 7.20. The van der Waals surface area contributed by atoms with Gasteiger partial charge in [0.1, 0.15) is 0 Å². The Hall–Kier alpha value is -1.22. The van der Waals surface area contributed by atoms with Crippen LogP contribution in [0.15, 0.2) is 12.1 Å². The number of hydrogen-bond acceptors (Lipinski definition) is 3. The standard InChI is InChI=1S/C16H25NO2/c1-5-8-17-14-7-6-11(2)12-9-15(18-3)16(19-4)10-13(12)14/h9-11,14,17H,5-8H2,1-4H3. The third kappa shape index (κ3) is 2.86. The first kappa shape index (κ1) is 14.2. The highest BCUT2D eigenvalue weighted by Gasteiger charge is 2.26. The maximum Gasteiger partial charge on any atom is 0.161 e. The zero-order valence-electron chi connectivity index (χ0n) is 12.5. The molecule has 0 saturated heterocycles. The number of benzene rings is 1. The van der Waals surface area contributed by atoms with Crippen molar-refractivity contribution in [1.82, 2.24) is 5.32 Å². The molecule has 0 aromatic heterocycles. The minimum absolute atomic E-state index is 0.450. The zero-order chi connectivity index (χ0) is 13.8. The summed E-state index contributed by atoms with van der Waals surface area (Å²) in [7, 11) is 3.40. The van der Waals surface area contributed by atoms with Crippen molar-refractivity contribution in [3.05, 3.63) is 23.3 Å². The summed E-state index contributed by atoms with van der Waals surface area (Å²) in [5.74, 6) is 2.26. The van der Waals surface area contributed by atoms with Gasteiger partial charge in [-0.1, -0.05) is 13.8 Å². The first-order valence-electron chi connectivity index (χ1n) is 7.20. The lowest BCUT2D eigenvalue weighted by Crippen LogP contribution is -2.27. The van der Waals surface area contributed by atoms with Gasteiger partial charge in [0.25, 0.3) is 0 Å². The number of fused-ring (bicyclic) bond motifs is 1. The van der Waals surface area contributed by atoms with Gasteiger partial charge >= 0.3 is 0 Å². The molecule has 1 aliphatic rings. The number of ether oxygens (including phenoxy) is 2. The average Bonchev–Trinajstić information content (AvgIpc) is 2.45. The van der Waals surface area contributed by atoms with Crippen LogP contribution in [0.2, 0.25) is 0 Å². The normalized spacial score (nSPS) is 21.9. The maximum atomic E-state index is 5.44. The Labute approximate surface area is 116 Å². The Kier molecular flexibility index (Phi) is 4.70. The molecule has 1 aliphatic carbocycles. The summed E-state index contributed by atoms with van der Waals surface area (Å²) >= 11 is 0. The summed E-state index contributed by atoms with van der Waals surface area (Å²) in [5, 5.41) is 3.64. The molecule has 0 saturated carbocycles. The van der Waals surface area contributed by atoms with Crippen LogP contribution in [0, 0.1) is 0 Å². The van der Waals surface area contributed by atoms with Crippen molar-refractivity contribution >= 4 is 0 Å². The quantitative estimate of drug-likeness (QED) is 0.879. The molecule has 0 bridgehead atoms. The summed E-state index contributed by atoms with van der Waals surface area (Å²) in [6, 6.07) is 4.75. The predicted molar refractivity (Wildman–Crippen MR) is 78.2 cm³/mol. The van der Waals surface area contributed by atoms with E-state index in [-0.39, 0.29) is 0 Å². The molecular formula is C16H25NO2. The van der Waals surface area contributed by atoms with E-state index in [0.717, 1.165) is 24.5 Å². The van der Waals surface area contributed by atoms with Crippen LogP contribution in [0.4, 0.5) is 0 Å². The molecule has 1 aromatic rings. The molecule has 0 spiro atoms. The third-order valence-corrected chi connectivity index (χ3v) is 4.02. The van der Waals surface area contributed by atoms with E-state index >= 15 is 0 Å². The van der Waals surface area contributed by atoms with Crippen molar-refractivity contribution in [2.75, 3.05) is 20.8 Å². The number of hydrogen-bond donors (Lipinski definition) is 1. The van der Waals surface area contributed by atoms with Gasteiger partial charge in [-0.2, -0.15) is 0 Å². The number of rotatable bonds is 5. The molecule has 19 heavy (non-hydrogen) atoms. The highest BCUT2D eigenvalue weighted by Crippen LogP contribution is 2.42. The van der Waals surface area contributed by atoms with Crippen molar-refractivity contribution in [2.45, 2.75) is 45.1 Å². The van der Waals surface area contributed by atoms with Gasteiger partial charge < -0.3 is 14.8 Å². The van der Waals surface area contributed by atoms with Crippen LogP contribution in [0.1, 0.15) is 56.2 Å². The van der Waals surface area contributed by atoms with E-state index in [2.05, 4.69) is 31.3 Å². The van der Waals surface area contributed by atoms with Crippen molar-refractivity contribution in [3.8, 4) is 11.5 Å². The van der Waals surface area contributed by atoms with Crippen LogP contribution in [-0.4, -0.2) is 20.8 Å². The van der Waals surface area contributed by atoms with Gasteiger partial charge in [-0.15, -0.1) is 0 Å². The van der Waals surface area contributed by atoms with E-state index in [0.29, 0.717) is 12.0 Å². The minimum Gasteiger partial charge on any atom is -0.493 e. The Balaban J connectivity index is 2.38. The maximum absolute atomic E-state index is 5.44. The van der Waals surface area contributed by atoms with Crippen LogP contribution >= 0.6 is 0 Å². The van der Waals surface area contributed by atoms with Gasteiger partial charge in [0.05, 0.1) is 14.2 Å². The summed E-state index contributed by atoms with van der Waals surface area (Å²) in [6.45, 7) is 5.56. The van der Waals surface area contributed by atoms with E-state index < -0.39 is 0 Å². The molecule has 1 N–H and O–H groups in total. The van der Waals surface area contributed by atoms with Crippen molar-refractivity contribution in [3.63, 3.8) is 0 Å². The summed E-state index contributed by atoms with van der Waals surface area (Å²) < 4.78 is 10.9. The van der Waals surface area contributed by atoms with Crippen LogP contribution in [0.3, 0.4) is 0 Å². The summed E-state index contributed by atoms with van der Waals surface area (Å²) in [5.41, 5.74) is 2.78. The molecule has 1 aromatic carbocycles. The van der Waals surface area contributed by atoms with Crippen LogP contribution in [-0.2, 0) is 0 Å². The molecule has 2 atom stereocenters. The highest BCUT2D eigenvalue weighted by atomic mass is 16.5. The van der Waals surface area contributed by atoms with E-state index in [9.17, 15) is 0 Å². The Morgan fingerprint density at radius 1 is 1.11 bits per heavy atom. The fourth-order valence-corrected chi connectivity index (χ4v) is 2.90. The van der Waals surface area contributed by atoms with E-state index in [4.69, 9.17) is 9.47 Å². The molecule has 2 unspecified atom stereocenters. The second-order valence-corrected chi connectivity index (χ2v) is 5.32. The fourth-order valence-electron chi connectivity index (χ4n) is 2.90. The van der Waals surface area contributed by atoms with Gasteiger partial charge in [-0.25, -0.2) is 0 Å². The minimum atomic E-state index is 0.450. The van der Waals surface area contributed by atoms with Gasteiger partial charge in [-0.3, -0.25) is 0 Å². The van der Waals surface area contributed by atoms with Gasteiger partial charge in [-0.05, 0) is 55.0 Å². The van der Waals surface area contributed by atoms with E-state index in [1.54, 1.807) is 14.2 Å². The number of methoxy groups -OCH3 is 2. The molecule has 0 amide bonds. The van der Waals surface area contributed by atoms with E-state index in [1.807, 2.05) is 0 Å². The third-order valence-electron chi connectivity index (χ3n) is 4.02. The van der Waals surface area contributed by atoms with Crippen molar-refractivity contribution < 1.29 is 9.47 Å². The topological polar surface area (TPSA) is 30.5 Å². The molecule has 106 valence electrons. The molecule has 0 aliphatic heterocycles. The lowest BCUT2D eigenvalue weighted by atomic mass is 9.80. The van der Waals surface area contributed by atoms with Gasteiger partial charge in [0.2, 0.25) is 0 Å². The first-order chi connectivity index (χ1) is 9.21. The molecule has 0 radical (unpaired) electrons. The second-order valence-electron chi connectivity index (χ2n) is 5.32. The van der Waals surface area contributed by atoms with Crippen molar-refractivity contribution in [2.24, 2.45) is 0 Å². The molecule has 3 nitrogen and oxygen atoms in total. The van der Waals surface area contributed by atoms with E-state index in [1.165, 1.54) is 24.0 Å². The smallest absolute Gasteiger partial charge is 0.161 e. The average molecular weight is 263 g/mol. The zero-order valence-corrected chi connectivity index (χ0v) is 12.5. The van der Waals surface area contributed by atoms with Gasteiger partial charge in [0, 0.05) is 6.04 Å². The largest absolute Gasteiger partial charge is 0.493 e. The van der Waals surface area contributed by atoms with Crippen LogP contribution in [0.5, 0.6) is 11.5 Å². The molecule has 3 heteroatoms. The van der Waals surface area contributed by atoms with Crippen molar-refractivity contribution in [1.29, 1.82) is 0 Å². The fraction of sp³-hybridized carbons (Fsp3) is 0.625. The summed E-state index contributed by atoms with van der Waals surface area (Å²) in [6.07, 6.45) is 3.59. The number of nitrogens with one attached hydrogen (secondary N) is 1. The SMILES string of the molecule is CCCNC1CCC(C)c2cc(OC)c(OC)cc21. The molecular weight excluding hydrogens is 238 g/mol. The van der Waals surface area contributed by atoms with Crippen LogP contribution in [0.25, 0.3) is 0 Å². The Bertz CT molecular complexity index is 431. The molecule has 0 fully saturated rings. The monoisotopic (exact) mass is 263 g/mol. The second kappa shape index (κ2) is 6.29.